The lowest BCUT2D eigenvalue weighted by atomic mass is 10.2. The number of amides is 1. The summed E-state index contributed by atoms with van der Waals surface area (Å²) >= 11 is 1.78. The van der Waals surface area contributed by atoms with Crippen molar-refractivity contribution in [3.05, 3.63) is 52.5 Å². The van der Waals surface area contributed by atoms with Crippen molar-refractivity contribution in [3.63, 3.8) is 0 Å². The molecule has 1 saturated heterocycles. The predicted octanol–water partition coefficient (Wildman–Crippen LogP) is 3.03. The van der Waals surface area contributed by atoms with Crippen molar-refractivity contribution < 1.29 is 9.18 Å². The topological polar surface area (TPSA) is 35.6 Å². The highest BCUT2D eigenvalue weighted by molar-refractivity contribution is 7.09. The normalized spacial score (nSPS) is 17.6. The fourth-order valence-corrected chi connectivity index (χ4v) is 3.62. The van der Waals surface area contributed by atoms with Crippen molar-refractivity contribution in [2.75, 3.05) is 31.5 Å². The summed E-state index contributed by atoms with van der Waals surface area (Å²) in [5.41, 5.74) is 0.629. The van der Waals surface area contributed by atoms with E-state index in [0.29, 0.717) is 5.69 Å². The van der Waals surface area contributed by atoms with Gasteiger partial charge in [-0.3, -0.25) is 14.6 Å². The van der Waals surface area contributed by atoms with Crippen LogP contribution < -0.4 is 5.32 Å². The molecule has 6 heteroatoms. The fourth-order valence-electron chi connectivity index (χ4n) is 2.88. The van der Waals surface area contributed by atoms with Crippen molar-refractivity contribution in [2.45, 2.75) is 19.5 Å². The molecule has 2 heterocycles. The molecule has 0 saturated carbocycles. The van der Waals surface area contributed by atoms with E-state index >= 15 is 0 Å². The number of anilines is 1. The molecule has 0 radical (unpaired) electrons. The fraction of sp³-hybridized carbons (Fsp3) is 0.389. The quantitative estimate of drug-likeness (QED) is 0.903. The molecule has 0 aliphatic carbocycles. The highest BCUT2D eigenvalue weighted by atomic mass is 32.1. The predicted molar refractivity (Wildman–Crippen MR) is 95.7 cm³/mol. The van der Waals surface area contributed by atoms with Gasteiger partial charge in [-0.1, -0.05) is 6.07 Å². The molecule has 1 aromatic carbocycles. The molecule has 1 N–H and O–H groups in total. The van der Waals surface area contributed by atoms with E-state index in [1.54, 1.807) is 23.5 Å². The Kier molecular flexibility index (Phi) is 5.60. The summed E-state index contributed by atoms with van der Waals surface area (Å²) in [6.45, 7) is 6.60. The van der Waals surface area contributed by atoms with Gasteiger partial charge in [-0.15, -0.1) is 11.3 Å². The molecule has 2 aromatic rings. The SMILES string of the molecule is C[C@@H](C(=O)Nc1ccc(F)cc1)N1CCN(Cc2cccs2)CC1. The standard InChI is InChI=1S/C18H22FN3OS/c1-14(18(23)20-16-6-4-15(19)5-7-16)22-10-8-21(9-11-22)13-17-3-2-12-24-17/h2-7,12,14H,8-11,13H2,1H3,(H,20,23)/t14-/m0/s1. The molecular weight excluding hydrogens is 325 g/mol. The minimum absolute atomic E-state index is 0.0479. The van der Waals surface area contributed by atoms with Gasteiger partial charge >= 0.3 is 0 Å². The van der Waals surface area contributed by atoms with Crippen molar-refractivity contribution >= 4 is 22.9 Å². The molecular formula is C18H22FN3OS. The molecule has 0 unspecified atom stereocenters. The largest absolute Gasteiger partial charge is 0.325 e. The van der Waals surface area contributed by atoms with Crippen molar-refractivity contribution in [1.82, 2.24) is 9.80 Å². The van der Waals surface area contributed by atoms with Crippen LogP contribution in [0.3, 0.4) is 0 Å². The molecule has 1 atom stereocenters. The second-order valence-corrected chi connectivity index (χ2v) is 7.10. The second kappa shape index (κ2) is 7.88. The van der Waals surface area contributed by atoms with Crippen molar-refractivity contribution in [2.24, 2.45) is 0 Å². The van der Waals surface area contributed by atoms with Gasteiger partial charge < -0.3 is 5.32 Å². The number of nitrogens with zero attached hydrogens (tertiary/aromatic N) is 2. The monoisotopic (exact) mass is 347 g/mol. The maximum Gasteiger partial charge on any atom is 0.241 e. The molecule has 24 heavy (non-hydrogen) atoms. The van der Waals surface area contributed by atoms with Gasteiger partial charge in [0.15, 0.2) is 0 Å². The average Bonchev–Trinajstić information content (AvgIpc) is 3.10. The third-order valence-electron chi connectivity index (χ3n) is 4.41. The van der Waals surface area contributed by atoms with E-state index in [-0.39, 0.29) is 17.8 Å². The molecule has 128 valence electrons. The zero-order chi connectivity index (χ0) is 16.9. The Morgan fingerprint density at radius 3 is 2.54 bits per heavy atom. The van der Waals surface area contributed by atoms with E-state index < -0.39 is 0 Å². The van der Waals surface area contributed by atoms with Crippen molar-refractivity contribution in [1.29, 1.82) is 0 Å². The number of nitrogens with one attached hydrogen (secondary N) is 1. The van der Waals surface area contributed by atoms with Crippen LogP contribution >= 0.6 is 11.3 Å². The van der Waals surface area contributed by atoms with E-state index in [1.165, 1.54) is 17.0 Å². The highest BCUT2D eigenvalue weighted by Crippen LogP contribution is 2.15. The zero-order valence-corrected chi connectivity index (χ0v) is 14.6. The molecule has 0 bridgehead atoms. The first-order valence-electron chi connectivity index (χ1n) is 8.17. The number of hydrogen-bond acceptors (Lipinski definition) is 4. The smallest absolute Gasteiger partial charge is 0.241 e. The van der Waals surface area contributed by atoms with Crippen LogP contribution in [0.15, 0.2) is 41.8 Å². The van der Waals surface area contributed by atoms with Crippen LogP contribution in [0.25, 0.3) is 0 Å². The van der Waals surface area contributed by atoms with Gasteiger partial charge in [-0.2, -0.15) is 0 Å². The highest BCUT2D eigenvalue weighted by Gasteiger charge is 2.25. The number of benzene rings is 1. The summed E-state index contributed by atoms with van der Waals surface area (Å²) in [6, 6.07) is 9.91. The maximum absolute atomic E-state index is 12.9. The lowest BCUT2D eigenvalue weighted by Crippen LogP contribution is -2.52. The van der Waals surface area contributed by atoms with E-state index in [2.05, 4.69) is 32.6 Å². The van der Waals surface area contributed by atoms with E-state index in [1.807, 2.05) is 6.92 Å². The Hall–Kier alpha value is -1.76. The minimum atomic E-state index is -0.303. The van der Waals surface area contributed by atoms with Gasteiger partial charge in [0.25, 0.3) is 0 Å². The molecule has 1 aliphatic rings. The number of carbonyl (C=O) groups is 1. The van der Waals surface area contributed by atoms with E-state index in [0.717, 1.165) is 32.7 Å². The summed E-state index contributed by atoms with van der Waals surface area (Å²) < 4.78 is 12.9. The number of hydrogen-bond donors (Lipinski definition) is 1. The summed E-state index contributed by atoms with van der Waals surface area (Å²) in [7, 11) is 0. The van der Waals surface area contributed by atoms with Crippen LogP contribution in [-0.2, 0) is 11.3 Å². The number of rotatable bonds is 5. The van der Waals surface area contributed by atoms with Crippen LogP contribution in [0.2, 0.25) is 0 Å². The van der Waals surface area contributed by atoms with Crippen LogP contribution in [0.4, 0.5) is 10.1 Å². The summed E-state index contributed by atoms with van der Waals surface area (Å²) in [5.74, 6) is -0.351. The van der Waals surface area contributed by atoms with E-state index in [9.17, 15) is 9.18 Å². The van der Waals surface area contributed by atoms with Crippen LogP contribution in [0.1, 0.15) is 11.8 Å². The molecule has 1 amide bonds. The van der Waals surface area contributed by atoms with Gasteiger partial charge in [0.1, 0.15) is 5.82 Å². The number of halogens is 1. The Bertz CT molecular complexity index is 651. The first-order valence-corrected chi connectivity index (χ1v) is 9.05. The Morgan fingerprint density at radius 1 is 1.21 bits per heavy atom. The molecule has 1 aromatic heterocycles. The lowest BCUT2D eigenvalue weighted by Gasteiger charge is -2.37. The number of carbonyl (C=O) groups excluding carboxylic acids is 1. The number of piperazine rings is 1. The minimum Gasteiger partial charge on any atom is -0.325 e. The van der Waals surface area contributed by atoms with Crippen LogP contribution in [-0.4, -0.2) is 47.9 Å². The first kappa shape index (κ1) is 17.1. The third kappa shape index (κ3) is 4.41. The summed E-state index contributed by atoms with van der Waals surface area (Å²) in [5, 5.41) is 4.96. The van der Waals surface area contributed by atoms with Gasteiger partial charge in [-0.25, -0.2) is 4.39 Å². The number of thiophene rings is 1. The molecule has 1 fully saturated rings. The van der Waals surface area contributed by atoms with Gasteiger partial charge in [0, 0.05) is 43.3 Å². The second-order valence-electron chi connectivity index (χ2n) is 6.06. The lowest BCUT2D eigenvalue weighted by molar-refractivity contribution is -0.121. The maximum atomic E-state index is 12.9. The summed E-state index contributed by atoms with van der Waals surface area (Å²) in [6.07, 6.45) is 0. The van der Waals surface area contributed by atoms with Crippen molar-refractivity contribution in [3.8, 4) is 0 Å². The third-order valence-corrected chi connectivity index (χ3v) is 5.27. The summed E-state index contributed by atoms with van der Waals surface area (Å²) in [4.78, 5) is 18.4. The average molecular weight is 347 g/mol. The Labute approximate surface area is 145 Å². The van der Waals surface area contributed by atoms with Gasteiger partial charge in [-0.05, 0) is 42.6 Å². The zero-order valence-electron chi connectivity index (χ0n) is 13.7. The first-order chi connectivity index (χ1) is 11.6. The van der Waals surface area contributed by atoms with Gasteiger partial charge in [0.2, 0.25) is 5.91 Å². The molecule has 1 aliphatic heterocycles. The molecule has 0 spiro atoms. The van der Waals surface area contributed by atoms with Crippen LogP contribution in [0.5, 0.6) is 0 Å². The Balaban J connectivity index is 1.48. The Morgan fingerprint density at radius 2 is 1.92 bits per heavy atom. The van der Waals surface area contributed by atoms with E-state index in [4.69, 9.17) is 0 Å². The molecule has 3 rings (SSSR count). The molecule has 4 nitrogen and oxygen atoms in total. The van der Waals surface area contributed by atoms with Crippen LogP contribution in [0, 0.1) is 5.82 Å². The van der Waals surface area contributed by atoms with Gasteiger partial charge in [0.05, 0.1) is 6.04 Å².